The van der Waals surface area contributed by atoms with Crippen molar-refractivity contribution in [3.8, 4) is 0 Å². The Morgan fingerprint density at radius 2 is 2.50 bits per heavy atom. The summed E-state index contributed by atoms with van der Waals surface area (Å²) in [5.41, 5.74) is 1.01. The van der Waals surface area contributed by atoms with Crippen LogP contribution in [0.5, 0.6) is 0 Å². The van der Waals surface area contributed by atoms with Crippen molar-refractivity contribution in [1.29, 1.82) is 0 Å². The molecule has 0 bridgehead atoms. The van der Waals surface area contributed by atoms with Gasteiger partial charge in [-0.3, -0.25) is 4.90 Å². The highest BCUT2D eigenvalue weighted by Gasteiger charge is 2.13. The van der Waals surface area contributed by atoms with Crippen LogP contribution in [0.4, 0.5) is 4.39 Å². The third-order valence-electron chi connectivity index (χ3n) is 2.10. The topological polar surface area (TPSA) is 16.1 Å². The minimum absolute atomic E-state index is 0.0226. The summed E-state index contributed by atoms with van der Waals surface area (Å²) in [5, 5.41) is 2.00. The van der Waals surface area contributed by atoms with Gasteiger partial charge in [-0.1, -0.05) is 6.08 Å². The van der Waals surface area contributed by atoms with Crippen molar-refractivity contribution in [2.75, 3.05) is 13.1 Å². The van der Waals surface area contributed by atoms with Gasteiger partial charge in [0.1, 0.15) is 5.83 Å². The maximum Gasteiger partial charge on any atom is 0.159 e. The van der Waals surface area contributed by atoms with E-state index < -0.39 is 0 Å². The molecule has 0 atom stereocenters. The Kier molecular flexibility index (Phi) is 3.30. The van der Waals surface area contributed by atoms with Crippen LogP contribution in [-0.2, 0) is 6.54 Å². The molecule has 2 nitrogen and oxygen atoms in total. The molecule has 76 valence electrons. The highest BCUT2D eigenvalue weighted by molar-refractivity contribution is 9.11. The van der Waals surface area contributed by atoms with Crippen molar-refractivity contribution >= 4 is 27.3 Å². The van der Waals surface area contributed by atoms with Gasteiger partial charge in [0, 0.05) is 18.5 Å². The van der Waals surface area contributed by atoms with Crippen molar-refractivity contribution in [1.82, 2.24) is 9.88 Å². The summed E-state index contributed by atoms with van der Waals surface area (Å²) < 4.78 is 13.8. The van der Waals surface area contributed by atoms with Crippen molar-refractivity contribution < 1.29 is 4.39 Å². The zero-order valence-corrected chi connectivity index (χ0v) is 9.94. The van der Waals surface area contributed by atoms with E-state index in [4.69, 9.17) is 0 Å². The van der Waals surface area contributed by atoms with E-state index in [0.717, 1.165) is 29.1 Å². The standard InChI is InChI=1S/C9H10BrFN2S/c10-9-12-8(6-14-9)5-13-3-1-2-7(11)4-13/h2,6H,1,3-5H2. The number of halogens is 2. The Labute approximate surface area is 94.6 Å². The van der Waals surface area contributed by atoms with E-state index in [1.165, 1.54) is 0 Å². The molecule has 0 fully saturated rings. The van der Waals surface area contributed by atoms with E-state index in [-0.39, 0.29) is 5.83 Å². The Bertz CT molecular complexity index is 350. The maximum atomic E-state index is 12.9. The number of rotatable bonds is 2. The monoisotopic (exact) mass is 276 g/mol. The molecule has 1 aliphatic rings. The molecule has 0 aromatic carbocycles. The minimum atomic E-state index is -0.0226. The van der Waals surface area contributed by atoms with Crippen molar-refractivity contribution in [2.45, 2.75) is 13.0 Å². The lowest BCUT2D eigenvalue weighted by Gasteiger charge is -2.22. The lowest BCUT2D eigenvalue weighted by Crippen LogP contribution is -2.28. The van der Waals surface area contributed by atoms with Gasteiger partial charge >= 0.3 is 0 Å². The van der Waals surface area contributed by atoms with E-state index in [1.807, 2.05) is 5.38 Å². The Hall–Kier alpha value is -0.260. The molecule has 1 aromatic heterocycles. The van der Waals surface area contributed by atoms with E-state index in [9.17, 15) is 4.39 Å². The predicted molar refractivity (Wildman–Crippen MR) is 58.9 cm³/mol. The first-order chi connectivity index (χ1) is 6.74. The second kappa shape index (κ2) is 4.51. The molecule has 1 aliphatic heterocycles. The van der Waals surface area contributed by atoms with Crippen LogP contribution in [0.1, 0.15) is 12.1 Å². The van der Waals surface area contributed by atoms with E-state index in [2.05, 4.69) is 25.8 Å². The van der Waals surface area contributed by atoms with Crippen molar-refractivity contribution in [2.24, 2.45) is 0 Å². The average Bonchev–Trinajstić information content (AvgIpc) is 2.51. The first-order valence-corrected chi connectivity index (χ1v) is 6.08. The van der Waals surface area contributed by atoms with Crippen LogP contribution in [0.2, 0.25) is 0 Å². The fourth-order valence-electron chi connectivity index (χ4n) is 1.48. The molecule has 1 aromatic rings. The number of aromatic nitrogens is 1. The Balaban J connectivity index is 1.95. The first kappa shape index (κ1) is 10.3. The quantitative estimate of drug-likeness (QED) is 0.826. The molecule has 0 aliphatic carbocycles. The Morgan fingerprint density at radius 1 is 1.64 bits per heavy atom. The van der Waals surface area contributed by atoms with Crippen LogP contribution in [-0.4, -0.2) is 23.0 Å². The lowest BCUT2D eigenvalue weighted by molar-refractivity contribution is 0.257. The van der Waals surface area contributed by atoms with Crippen LogP contribution in [0.3, 0.4) is 0 Å². The molecule has 0 unspecified atom stereocenters. The van der Waals surface area contributed by atoms with Gasteiger partial charge in [-0.15, -0.1) is 11.3 Å². The van der Waals surface area contributed by atoms with Gasteiger partial charge < -0.3 is 0 Å². The van der Waals surface area contributed by atoms with Crippen LogP contribution in [0.15, 0.2) is 21.2 Å². The lowest BCUT2D eigenvalue weighted by atomic mass is 10.2. The molecule has 0 N–H and O–H groups in total. The van der Waals surface area contributed by atoms with Gasteiger partial charge in [-0.25, -0.2) is 9.37 Å². The molecule has 2 rings (SSSR count). The van der Waals surface area contributed by atoms with E-state index in [1.54, 1.807) is 17.4 Å². The van der Waals surface area contributed by atoms with Crippen LogP contribution in [0, 0.1) is 0 Å². The fourth-order valence-corrected chi connectivity index (χ4v) is 2.52. The molecular weight excluding hydrogens is 267 g/mol. The number of nitrogens with zero attached hydrogens (tertiary/aromatic N) is 2. The normalized spacial score (nSPS) is 18.3. The van der Waals surface area contributed by atoms with Gasteiger partial charge in [-0.05, 0) is 22.4 Å². The average molecular weight is 277 g/mol. The van der Waals surface area contributed by atoms with E-state index >= 15 is 0 Å². The zero-order chi connectivity index (χ0) is 9.97. The minimum Gasteiger partial charge on any atom is -0.291 e. The second-order valence-electron chi connectivity index (χ2n) is 3.24. The maximum absolute atomic E-state index is 12.9. The van der Waals surface area contributed by atoms with Crippen LogP contribution < -0.4 is 0 Å². The molecule has 0 spiro atoms. The highest BCUT2D eigenvalue weighted by Crippen LogP contribution is 2.19. The van der Waals surface area contributed by atoms with E-state index in [0.29, 0.717) is 6.54 Å². The number of hydrogen-bond donors (Lipinski definition) is 0. The van der Waals surface area contributed by atoms with Crippen molar-refractivity contribution in [3.63, 3.8) is 0 Å². The van der Waals surface area contributed by atoms with Gasteiger partial charge in [0.25, 0.3) is 0 Å². The summed E-state index contributed by atoms with van der Waals surface area (Å²) in [6, 6.07) is 0. The highest BCUT2D eigenvalue weighted by atomic mass is 79.9. The van der Waals surface area contributed by atoms with Crippen molar-refractivity contribution in [3.05, 3.63) is 26.9 Å². The zero-order valence-electron chi connectivity index (χ0n) is 7.54. The molecule has 5 heteroatoms. The van der Waals surface area contributed by atoms with Gasteiger partial charge in [-0.2, -0.15) is 0 Å². The third kappa shape index (κ3) is 2.62. The number of thiazole rings is 1. The summed E-state index contributed by atoms with van der Waals surface area (Å²) >= 11 is 4.88. The van der Waals surface area contributed by atoms with Gasteiger partial charge in [0.05, 0.1) is 12.2 Å². The predicted octanol–water partition coefficient (Wildman–Crippen LogP) is 2.96. The fraction of sp³-hybridized carbons (Fsp3) is 0.444. The third-order valence-corrected chi connectivity index (χ3v) is 3.51. The molecule has 0 saturated heterocycles. The smallest absolute Gasteiger partial charge is 0.159 e. The van der Waals surface area contributed by atoms with Gasteiger partial charge in [0.15, 0.2) is 3.92 Å². The summed E-state index contributed by atoms with van der Waals surface area (Å²) in [5.74, 6) is -0.0226. The second-order valence-corrected chi connectivity index (χ2v) is 5.38. The summed E-state index contributed by atoms with van der Waals surface area (Å²) in [6.45, 7) is 2.08. The van der Waals surface area contributed by atoms with Gasteiger partial charge in [0.2, 0.25) is 0 Å². The molecule has 0 saturated carbocycles. The summed E-state index contributed by atoms with van der Waals surface area (Å²) in [4.78, 5) is 6.35. The molecule has 2 heterocycles. The largest absolute Gasteiger partial charge is 0.291 e. The summed E-state index contributed by atoms with van der Waals surface area (Å²) in [6.07, 6.45) is 2.46. The molecule has 0 amide bonds. The van der Waals surface area contributed by atoms with Crippen LogP contribution >= 0.6 is 27.3 Å². The SMILES string of the molecule is FC1=CCCN(Cc2csc(Br)n2)C1. The molecule has 0 radical (unpaired) electrons. The number of hydrogen-bond acceptors (Lipinski definition) is 3. The Morgan fingerprint density at radius 3 is 3.14 bits per heavy atom. The molecular formula is C9H10BrFN2S. The van der Waals surface area contributed by atoms with Crippen LogP contribution in [0.25, 0.3) is 0 Å². The molecule has 14 heavy (non-hydrogen) atoms. The first-order valence-electron chi connectivity index (χ1n) is 4.41. The summed E-state index contributed by atoms with van der Waals surface area (Å²) in [7, 11) is 0.